The Hall–Kier alpha value is -3.15. The summed E-state index contributed by atoms with van der Waals surface area (Å²) in [7, 11) is 0. The lowest BCUT2D eigenvalue weighted by atomic mass is 9.83. The highest BCUT2D eigenvalue weighted by molar-refractivity contribution is 9.10. The molecule has 0 radical (unpaired) electrons. The van der Waals surface area contributed by atoms with E-state index in [1.807, 2.05) is 25.1 Å². The van der Waals surface area contributed by atoms with Gasteiger partial charge in [0.15, 0.2) is 11.5 Å². The number of halogens is 2. The first kappa shape index (κ1) is 25.5. The van der Waals surface area contributed by atoms with Crippen molar-refractivity contribution in [2.45, 2.75) is 33.3 Å². The highest BCUT2D eigenvalue weighted by atomic mass is 79.9. The summed E-state index contributed by atoms with van der Waals surface area (Å²) in [6.45, 7) is 5.94. The predicted molar refractivity (Wildman–Crippen MR) is 131 cm³/mol. The molecule has 1 atom stereocenters. The molecule has 178 valence electrons. The molecule has 34 heavy (non-hydrogen) atoms. The summed E-state index contributed by atoms with van der Waals surface area (Å²) in [6, 6.07) is 12.9. The zero-order valence-electron chi connectivity index (χ0n) is 19.0. The second-order valence-corrected chi connectivity index (χ2v) is 8.51. The van der Waals surface area contributed by atoms with E-state index in [4.69, 9.17) is 36.3 Å². The van der Waals surface area contributed by atoms with E-state index >= 15 is 0 Å². The third kappa shape index (κ3) is 5.32. The number of hydrogen-bond donors (Lipinski definition) is 1. The van der Waals surface area contributed by atoms with Crippen LogP contribution < -0.4 is 15.2 Å². The van der Waals surface area contributed by atoms with E-state index in [-0.39, 0.29) is 36.0 Å². The molecular formula is C25H24BrClN2O5. The van der Waals surface area contributed by atoms with Crippen molar-refractivity contribution >= 4 is 33.5 Å². The Morgan fingerprint density at radius 2 is 1.91 bits per heavy atom. The van der Waals surface area contributed by atoms with Gasteiger partial charge >= 0.3 is 5.97 Å². The number of carbonyl (C=O) groups is 1. The summed E-state index contributed by atoms with van der Waals surface area (Å²) in [5, 5.41) is 10.4. The minimum atomic E-state index is -0.816. The van der Waals surface area contributed by atoms with Gasteiger partial charge in [-0.2, -0.15) is 5.26 Å². The Bertz CT molecular complexity index is 1200. The summed E-state index contributed by atoms with van der Waals surface area (Å²) in [5.41, 5.74) is 7.71. The maximum Gasteiger partial charge on any atom is 0.338 e. The van der Waals surface area contributed by atoms with E-state index in [0.717, 1.165) is 5.56 Å². The van der Waals surface area contributed by atoms with Crippen LogP contribution in [0.2, 0.25) is 5.02 Å². The number of ether oxygens (including phenoxy) is 4. The molecule has 7 nitrogen and oxygen atoms in total. The molecule has 0 amide bonds. The highest BCUT2D eigenvalue weighted by Gasteiger charge is 2.38. The molecule has 0 saturated heterocycles. The van der Waals surface area contributed by atoms with Crippen molar-refractivity contribution in [2.75, 3.05) is 13.2 Å². The Morgan fingerprint density at radius 1 is 1.21 bits per heavy atom. The summed E-state index contributed by atoms with van der Waals surface area (Å²) in [4.78, 5) is 12.8. The average molecular weight is 548 g/mol. The molecule has 0 fully saturated rings. The fourth-order valence-electron chi connectivity index (χ4n) is 3.59. The highest BCUT2D eigenvalue weighted by Crippen LogP contribution is 2.45. The molecule has 2 aromatic rings. The number of esters is 1. The number of benzene rings is 2. The van der Waals surface area contributed by atoms with E-state index in [1.165, 1.54) is 0 Å². The van der Waals surface area contributed by atoms with Crippen molar-refractivity contribution in [3.05, 3.63) is 79.8 Å². The van der Waals surface area contributed by atoms with E-state index < -0.39 is 11.9 Å². The lowest BCUT2D eigenvalue weighted by molar-refractivity contribution is -0.139. The third-order valence-electron chi connectivity index (χ3n) is 5.12. The van der Waals surface area contributed by atoms with Crippen LogP contribution in [0.25, 0.3) is 0 Å². The fraction of sp³-hybridized carbons (Fsp3) is 0.280. The largest absolute Gasteiger partial charge is 0.490 e. The van der Waals surface area contributed by atoms with Gasteiger partial charge in [0.05, 0.1) is 24.7 Å². The molecule has 0 bridgehead atoms. The van der Waals surface area contributed by atoms with Crippen molar-refractivity contribution in [3.63, 3.8) is 0 Å². The SMILES string of the molecule is CCOC(=O)C1=C(C)OC(N)=C(C#N)C1c1cc(OCC)c(OCc2ccccc2Cl)cc1Br. The molecule has 3 rings (SSSR count). The summed E-state index contributed by atoms with van der Waals surface area (Å²) >= 11 is 9.82. The topological polar surface area (TPSA) is 104 Å². The summed E-state index contributed by atoms with van der Waals surface area (Å²) in [6.07, 6.45) is 0. The number of nitrogens with zero attached hydrogens (tertiary/aromatic N) is 1. The van der Waals surface area contributed by atoms with Crippen LogP contribution >= 0.6 is 27.5 Å². The normalized spacial score (nSPS) is 15.5. The maximum atomic E-state index is 12.8. The van der Waals surface area contributed by atoms with E-state index in [0.29, 0.717) is 33.2 Å². The van der Waals surface area contributed by atoms with Crippen LogP contribution in [-0.2, 0) is 20.9 Å². The summed E-state index contributed by atoms with van der Waals surface area (Å²) in [5.74, 6) is -0.293. The van der Waals surface area contributed by atoms with Crippen LogP contribution in [0.15, 0.2) is 63.7 Å². The van der Waals surface area contributed by atoms with Crippen molar-refractivity contribution in [3.8, 4) is 17.6 Å². The van der Waals surface area contributed by atoms with Gasteiger partial charge in [0, 0.05) is 15.1 Å². The lowest BCUT2D eigenvalue weighted by Crippen LogP contribution is -2.25. The Morgan fingerprint density at radius 3 is 2.56 bits per heavy atom. The Balaban J connectivity index is 2.09. The minimum absolute atomic E-state index is 0.0676. The standard InChI is InChI=1S/C25H24BrClN2O5/c1-4-31-20-10-16(18(26)11-21(20)33-13-15-8-6-7-9-19(15)27)23-17(12-28)24(29)34-14(3)22(23)25(30)32-5-2/h6-11,23H,4-5,13,29H2,1-3H3. The van der Waals surface area contributed by atoms with E-state index in [2.05, 4.69) is 22.0 Å². The quantitative estimate of drug-likeness (QED) is 0.421. The first-order valence-corrected chi connectivity index (χ1v) is 11.8. The number of allylic oxidation sites excluding steroid dienone is 2. The number of nitrogens with two attached hydrogens (primary N) is 1. The average Bonchev–Trinajstić information content (AvgIpc) is 2.79. The number of carbonyl (C=O) groups excluding carboxylic acids is 1. The van der Waals surface area contributed by atoms with Gasteiger partial charge in [-0.25, -0.2) is 4.79 Å². The van der Waals surface area contributed by atoms with Gasteiger partial charge < -0.3 is 24.7 Å². The fourth-order valence-corrected chi connectivity index (χ4v) is 4.33. The minimum Gasteiger partial charge on any atom is -0.490 e. The van der Waals surface area contributed by atoms with Crippen LogP contribution in [-0.4, -0.2) is 19.2 Å². The second kappa shape index (κ2) is 11.3. The number of nitriles is 1. The van der Waals surface area contributed by atoms with Crippen LogP contribution in [0.3, 0.4) is 0 Å². The van der Waals surface area contributed by atoms with Crippen molar-refractivity contribution in [2.24, 2.45) is 5.73 Å². The van der Waals surface area contributed by atoms with Crippen LogP contribution in [0.4, 0.5) is 0 Å². The summed E-state index contributed by atoms with van der Waals surface area (Å²) < 4.78 is 23.2. The van der Waals surface area contributed by atoms with Crippen LogP contribution in [0.1, 0.15) is 37.8 Å². The molecule has 9 heteroatoms. The van der Waals surface area contributed by atoms with Crippen LogP contribution in [0.5, 0.6) is 11.5 Å². The van der Waals surface area contributed by atoms with Gasteiger partial charge in [0.1, 0.15) is 24.0 Å². The molecule has 1 heterocycles. The van der Waals surface area contributed by atoms with E-state index in [9.17, 15) is 10.1 Å². The predicted octanol–water partition coefficient (Wildman–Crippen LogP) is 5.72. The Labute approximate surface area is 211 Å². The van der Waals surface area contributed by atoms with Gasteiger partial charge in [-0.1, -0.05) is 45.7 Å². The molecule has 0 spiro atoms. The lowest BCUT2D eigenvalue weighted by Gasteiger charge is -2.28. The van der Waals surface area contributed by atoms with Crippen LogP contribution in [0, 0.1) is 11.3 Å². The third-order valence-corrected chi connectivity index (χ3v) is 6.17. The van der Waals surface area contributed by atoms with Gasteiger partial charge in [0.25, 0.3) is 0 Å². The second-order valence-electron chi connectivity index (χ2n) is 7.25. The molecule has 2 aromatic carbocycles. The Kier molecular flexibility index (Phi) is 8.48. The van der Waals surface area contributed by atoms with Gasteiger partial charge in [-0.05, 0) is 44.5 Å². The van der Waals surface area contributed by atoms with Gasteiger partial charge in [-0.15, -0.1) is 0 Å². The maximum absolute atomic E-state index is 12.8. The molecular weight excluding hydrogens is 524 g/mol. The smallest absolute Gasteiger partial charge is 0.338 e. The molecule has 0 aliphatic carbocycles. The molecule has 1 aliphatic heterocycles. The first-order chi connectivity index (χ1) is 16.3. The van der Waals surface area contributed by atoms with Crippen molar-refractivity contribution < 1.29 is 23.7 Å². The molecule has 1 unspecified atom stereocenters. The van der Waals surface area contributed by atoms with Crippen molar-refractivity contribution in [1.82, 2.24) is 0 Å². The molecule has 0 aromatic heterocycles. The number of rotatable bonds is 8. The zero-order valence-corrected chi connectivity index (χ0v) is 21.3. The first-order valence-electron chi connectivity index (χ1n) is 10.6. The number of hydrogen-bond acceptors (Lipinski definition) is 7. The molecule has 2 N–H and O–H groups in total. The van der Waals surface area contributed by atoms with Crippen molar-refractivity contribution in [1.29, 1.82) is 5.26 Å². The van der Waals surface area contributed by atoms with Gasteiger partial charge in [-0.3, -0.25) is 0 Å². The zero-order chi connectivity index (χ0) is 24.8. The molecule has 0 saturated carbocycles. The molecule has 1 aliphatic rings. The monoisotopic (exact) mass is 546 g/mol. The van der Waals surface area contributed by atoms with E-state index in [1.54, 1.807) is 32.0 Å². The van der Waals surface area contributed by atoms with Gasteiger partial charge in [0.2, 0.25) is 5.88 Å².